The minimum atomic E-state index is -0.534. The van der Waals surface area contributed by atoms with Crippen LogP contribution in [0.4, 0.5) is 5.69 Å². The van der Waals surface area contributed by atoms with Crippen molar-refractivity contribution >= 4 is 34.1 Å². The molecular weight excluding hydrogens is 258 g/mol. The van der Waals surface area contributed by atoms with Gasteiger partial charge in [-0.2, -0.15) is 0 Å². The van der Waals surface area contributed by atoms with Gasteiger partial charge in [-0.25, -0.2) is 0 Å². The van der Waals surface area contributed by atoms with Crippen LogP contribution in [0, 0.1) is 0 Å². The lowest BCUT2D eigenvalue weighted by Crippen LogP contribution is -2.01. The van der Waals surface area contributed by atoms with Gasteiger partial charge in [0.05, 0.1) is 5.52 Å². The van der Waals surface area contributed by atoms with Crippen LogP contribution in [0.3, 0.4) is 0 Å². The van der Waals surface area contributed by atoms with Gasteiger partial charge in [-0.15, -0.1) is 10.2 Å². The Morgan fingerprint density at radius 1 is 1.56 bits per heavy atom. The van der Waals surface area contributed by atoms with E-state index in [1.807, 2.05) is 0 Å². The molecule has 1 heterocycles. The summed E-state index contributed by atoms with van der Waals surface area (Å²) in [5, 5.41) is 17.9. The number of hydrogen-bond donors (Lipinski definition) is 2. The van der Waals surface area contributed by atoms with Crippen molar-refractivity contribution in [2.24, 2.45) is 10.2 Å². The maximum absolute atomic E-state index is 11.1. The maximum Gasteiger partial charge on any atom is 0.290 e. The number of aromatic hydroxyl groups is 1. The molecule has 0 saturated carbocycles. The third-order valence-corrected chi connectivity index (χ3v) is 2.48. The van der Waals surface area contributed by atoms with Gasteiger partial charge in [0.2, 0.25) is 5.88 Å². The van der Waals surface area contributed by atoms with Gasteiger partial charge in [-0.3, -0.25) is 4.79 Å². The number of hydrogen-bond acceptors (Lipinski definition) is 4. The van der Waals surface area contributed by atoms with Crippen LogP contribution in [0.15, 0.2) is 28.4 Å². The van der Waals surface area contributed by atoms with Gasteiger partial charge in [0.1, 0.15) is 6.61 Å². The minimum absolute atomic E-state index is 0.159. The Bertz CT molecular complexity index is 621. The summed E-state index contributed by atoms with van der Waals surface area (Å²) < 4.78 is 4.62. The summed E-state index contributed by atoms with van der Waals surface area (Å²) in [5.74, 6) is -0.700. The van der Waals surface area contributed by atoms with E-state index in [4.69, 9.17) is 11.6 Å². The van der Waals surface area contributed by atoms with Gasteiger partial charge in [-0.1, -0.05) is 11.6 Å². The topological polar surface area (TPSA) is 87.0 Å². The van der Waals surface area contributed by atoms with Crippen LogP contribution < -0.4 is 0 Å². The molecule has 0 unspecified atom stereocenters. The number of carbonyl (C=O) groups excluding carboxylic acids is 1. The summed E-state index contributed by atoms with van der Waals surface area (Å²) >= 11 is 5.86. The third kappa shape index (κ3) is 2.49. The van der Waals surface area contributed by atoms with Crippen LogP contribution >= 0.6 is 11.6 Å². The molecule has 7 heteroatoms. The number of methoxy groups -OCH3 is 1. The van der Waals surface area contributed by atoms with Gasteiger partial charge in [0, 0.05) is 17.5 Å². The highest BCUT2D eigenvalue weighted by Gasteiger charge is 2.11. The molecule has 94 valence electrons. The van der Waals surface area contributed by atoms with Gasteiger partial charge in [-0.05, 0) is 18.2 Å². The van der Waals surface area contributed by atoms with Gasteiger partial charge in [0.15, 0.2) is 5.69 Å². The number of nitrogens with one attached hydrogen (secondary N) is 1. The Labute approximate surface area is 107 Å². The first-order valence-electron chi connectivity index (χ1n) is 5.05. The van der Waals surface area contributed by atoms with Crippen molar-refractivity contribution in [2.75, 3.05) is 13.7 Å². The first-order valence-corrected chi connectivity index (χ1v) is 5.43. The molecule has 0 aliphatic heterocycles. The maximum atomic E-state index is 11.1. The molecule has 2 aromatic rings. The molecule has 0 saturated heterocycles. The molecule has 0 aliphatic rings. The highest BCUT2D eigenvalue weighted by Crippen LogP contribution is 2.36. The van der Waals surface area contributed by atoms with Crippen molar-refractivity contribution in [3.8, 4) is 5.88 Å². The number of halogens is 1. The molecule has 0 atom stereocenters. The van der Waals surface area contributed by atoms with E-state index in [1.165, 1.54) is 7.11 Å². The number of H-pyrrole nitrogens is 1. The largest absolute Gasteiger partial charge is 0.493 e. The molecule has 6 nitrogen and oxygen atoms in total. The molecule has 2 N–H and O–H groups in total. The first kappa shape index (κ1) is 12.5. The number of aromatic amines is 1. The summed E-state index contributed by atoms with van der Waals surface area (Å²) in [6.45, 7) is -0.159. The van der Waals surface area contributed by atoms with Crippen LogP contribution in [0.25, 0.3) is 10.9 Å². The molecule has 2 rings (SSSR count). The lowest BCUT2D eigenvalue weighted by atomic mass is 10.2. The predicted octanol–water partition coefficient (Wildman–Crippen LogP) is 2.78. The highest BCUT2D eigenvalue weighted by molar-refractivity contribution is 6.31. The third-order valence-electron chi connectivity index (χ3n) is 2.24. The number of rotatable bonds is 3. The van der Waals surface area contributed by atoms with Crippen molar-refractivity contribution in [3.05, 3.63) is 23.2 Å². The minimum Gasteiger partial charge on any atom is -0.493 e. The number of azo groups is 1. The fraction of sp³-hybridized carbons (Fsp3) is 0.182. The van der Waals surface area contributed by atoms with E-state index in [-0.39, 0.29) is 18.2 Å². The smallest absolute Gasteiger partial charge is 0.290 e. The fourth-order valence-electron chi connectivity index (χ4n) is 1.50. The van der Waals surface area contributed by atoms with Crippen molar-refractivity contribution < 1.29 is 14.6 Å². The van der Waals surface area contributed by atoms with Crippen molar-refractivity contribution in [2.45, 2.75) is 0 Å². The normalized spacial score (nSPS) is 11.4. The molecule has 1 aromatic heterocycles. The predicted molar refractivity (Wildman–Crippen MR) is 66.4 cm³/mol. The van der Waals surface area contributed by atoms with Gasteiger partial charge in [0.25, 0.3) is 5.91 Å². The number of aromatic nitrogens is 1. The van der Waals surface area contributed by atoms with Gasteiger partial charge < -0.3 is 14.8 Å². The molecule has 1 aromatic carbocycles. The molecule has 0 spiro atoms. The van der Waals surface area contributed by atoms with Crippen molar-refractivity contribution in [1.29, 1.82) is 0 Å². The Hall–Kier alpha value is -1.92. The van der Waals surface area contributed by atoms with Crippen LogP contribution in [0.2, 0.25) is 5.02 Å². The number of benzene rings is 1. The number of carbonyl (C=O) groups is 1. The number of fused-ring (bicyclic) bond motifs is 1. The average Bonchev–Trinajstić information content (AvgIpc) is 2.62. The van der Waals surface area contributed by atoms with Gasteiger partial charge >= 0.3 is 0 Å². The second-order valence-electron chi connectivity index (χ2n) is 3.54. The van der Waals surface area contributed by atoms with Crippen molar-refractivity contribution in [3.63, 3.8) is 0 Å². The first-order chi connectivity index (χ1) is 8.61. The standard InChI is InChI=1S/C11H10ClN3O3/c1-18-5-9(16)14-15-10-7-4-6(12)2-3-8(7)13-11(10)17/h2-4,13,17H,5H2,1H3. The molecule has 0 bridgehead atoms. The summed E-state index contributed by atoms with van der Waals surface area (Å²) in [7, 11) is 1.39. The number of nitrogens with zero attached hydrogens (tertiary/aromatic N) is 2. The highest BCUT2D eigenvalue weighted by atomic mass is 35.5. The summed E-state index contributed by atoms with van der Waals surface area (Å²) in [4.78, 5) is 13.9. The zero-order valence-corrected chi connectivity index (χ0v) is 10.2. The van der Waals surface area contributed by atoms with Crippen molar-refractivity contribution in [1.82, 2.24) is 4.98 Å². The van der Waals surface area contributed by atoms with Crippen LogP contribution in [-0.2, 0) is 9.53 Å². The van der Waals surface area contributed by atoms with E-state index >= 15 is 0 Å². The van der Waals surface area contributed by atoms with E-state index in [2.05, 4.69) is 19.9 Å². The summed E-state index contributed by atoms with van der Waals surface area (Å²) in [5.41, 5.74) is 0.835. The average molecular weight is 268 g/mol. The Morgan fingerprint density at radius 2 is 2.33 bits per heavy atom. The van der Waals surface area contributed by atoms with E-state index in [0.717, 1.165) is 0 Å². The lowest BCUT2D eigenvalue weighted by Gasteiger charge is -1.93. The second-order valence-corrected chi connectivity index (χ2v) is 3.98. The number of amides is 1. The molecule has 18 heavy (non-hydrogen) atoms. The Balaban J connectivity index is 2.41. The quantitative estimate of drug-likeness (QED) is 0.838. The van der Waals surface area contributed by atoms with E-state index in [1.54, 1.807) is 18.2 Å². The monoisotopic (exact) mass is 267 g/mol. The lowest BCUT2D eigenvalue weighted by molar-refractivity contribution is -0.121. The zero-order chi connectivity index (χ0) is 13.1. The van der Waals surface area contributed by atoms with Crippen LogP contribution in [-0.4, -0.2) is 29.7 Å². The SMILES string of the molecule is COCC(=O)N=Nc1c(O)[nH]c2ccc(Cl)cc12. The second kappa shape index (κ2) is 5.16. The van der Waals surface area contributed by atoms with Crippen LogP contribution in [0.1, 0.15) is 0 Å². The van der Waals surface area contributed by atoms with E-state index < -0.39 is 5.91 Å². The van der Waals surface area contributed by atoms with E-state index in [9.17, 15) is 9.90 Å². The molecule has 0 aliphatic carbocycles. The Kier molecular flexibility index (Phi) is 3.59. The Morgan fingerprint density at radius 3 is 3.06 bits per heavy atom. The van der Waals surface area contributed by atoms with Crippen LogP contribution in [0.5, 0.6) is 5.88 Å². The molecule has 0 radical (unpaired) electrons. The van der Waals surface area contributed by atoms with E-state index in [0.29, 0.717) is 15.9 Å². The number of ether oxygens (including phenoxy) is 1. The molecule has 0 fully saturated rings. The summed E-state index contributed by atoms with van der Waals surface area (Å²) in [6.07, 6.45) is 0. The zero-order valence-electron chi connectivity index (χ0n) is 9.48. The molecule has 1 amide bonds. The summed E-state index contributed by atoms with van der Waals surface area (Å²) in [6, 6.07) is 5.01. The fourth-order valence-corrected chi connectivity index (χ4v) is 1.67. The molecular formula is C11H10ClN3O3.